The van der Waals surface area contributed by atoms with Crippen LogP contribution in [0.5, 0.6) is 5.75 Å². The second kappa shape index (κ2) is 8.32. The van der Waals surface area contributed by atoms with E-state index >= 15 is 0 Å². The summed E-state index contributed by atoms with van der Waals surface area (Å²) in [5, 5.41) is 15.1. The van der Waals surface area contributed by atoms with Crippen LogP contribution in [0.4, 0.5) is 5.82 Å². The number of aromatic nitrogens is 1. The summed E-state index contributed by atoms with van der Waals surface area (Å²) in [7, 11) is 0. The summed E-state index contributed by atoms with van der Waals surface area (Å²) in [6, 6.07) is 9.15. The highest BCUT2D eigenvalue weighted by Crippen LogP contribution is 2.23. The molecule has 132 valence electrons. The Morgan fingerprint density at radius 2 is 2.08 bits per heavy atom. The number of hydrazone groups is 1. The molecule has 0 atom stereocenters. The first-order valence-corrected chi connectivity index (χ1v) is 8.97. The van der Waals surface area contributed by atoms with Crippen LogP contribution < -0.4 is 5.43 Å². The molecule has 0 unspecified atom stereocenters. The molecule has 0 saturated carbocycles. The van der Waals surface area contributed by atoms with Crippen molar-refractivity contribution in [3.05, 3.63) is 52.7 Å². The Morgan fingerprint density at radius 1 is 1.28 bits per heavy atom. The van der Waals surface area contributed by atoms with Gasteiger partial charge in [-0.2, -0.15) is 5.10 Å². The first-order valence-electron chi connectivity index (χ1n) is 8.59. The third-order valence-electron chi connectivity index (χ3n) is 4.43. The van der Waals surface area contributed by atoms with Gasteiger partial charge in [-0.3, -0.25) is 10.3 Å². The lowest BCUT2D eigenvalue weighted by atomic mass is 10.0. The molecule has 0 amide bonds. The lowest BCUT2D eigenvalue weighted by molar-refractivity contribution is 0.218. The molecule has 0 bridgehead atoms. The molecule has 6 heteroatoms. The summed E-state index contributed by atoms with van der Waals surface area (Å²) in [6.07, 6.45) is 5.43. The first kappa shape index (κ1) is 17.7. The quantitative estimate of drug-likeness (QED) is 0.619. The first-order chi connectivity index (χ1) is 12.1. The zero-order chi connectivity index (χ0) is 17.6. The van der Waals surface area contributed by atoms with Crippen molar-refractivity contribution in [2.45, 2.75) is 32.7 Å². The van der Waals surface area contributed by atoms with Crippen molar-refractivity contribution >= 4 is 23.1 Å². The van der Waals surface area contributed by atoms with Gasteiger partial charge in [-0.1, -0.05) is 18.0 Å². The van der Waals surface area contributed by atoms with Gasteiger partial charge in [-0.05, 0) is 68.8 Å². The second-order valence-corrected chi connectivity index (χ2v) is 6.73. The number of piperidine rings is 1. The summed E-state index contributed by atoms with van der Waals surface area (Å²) in [4.78, 5) is 6.55. The van der Waals surface area contributed by atoms with Crippen molar-refractivity contribution in [2.75, 3.05) is 18.5 Å². The molecular weight excluding hydrogens is 336 g/mol. The normalized spacial score (nSPS) is 16.0. The third-order valence-corrected chi connectivity index (χ3v) is 4.73. The van der Waals surface area contributed by atoms with E-state index in [1.54, 1.807) is 24.4 Å². The molecule has 1 saturated heterocycles. The number of nitrogens with one attached hydrogen (secondary N) is 1. The molecule has 1 aliphatic heterocycles. The Labute approximate surface area is 153 Å². The van der Waals surface area contributed by atoms with E-state index in [9.17, 15) is 5.11 Å². The van der Waals surface area contributed by atoms with E-state index in [1.165, 1.54) is 19.3 Å². The van der Waals surface area contributed by atoms with Crippen LogP contribution in [0.25, 0.3) is 0 Å². The van der Waals surface area contributed by atoms with E-state index in [-0.39, 0.29) is 0 Å². The van der Waals surface area contributed by atoms with Crippen LogP contribution in [0.1, 0.15) is 37.3 Å². The van der Waals surface area contributed by atoms with Gasteiger partial charge in [-0.25, -0.2) is 4.98 Å². The average molecular weight is 359 g/mol. The maximum absolute atomic E-state index is 10.2. The van der Waals surface area contributed by atoms with E-state index in [0.29, 0.717) is 16.6 Å². The average Bonchev–Trinajstić information content (AvgIpc) is 2.63. The van der Waals surface area contributed by atoms with Gasteiger partial charge in [0.05, 0.1) is 10.7 Å². The second-order valence-electron chi connectivity index (χ2n) is 6.32. The number of phenolic OH excluding ortho intramolecular Hbond substituents is 1. The van der Waals surface area contributed by atoms with E-state index in [2.05, 4.69) is 20.4 Å². The number of hydrogen-bond donors (Lipinski definition) is 2. The summed E-state index contributed by atoms with van der Waals surface area (Å²) in [5.41, 5.74) is 5.60. The molecule has 25 heavy (non-hydrogen) atoms. The van der Waals surface area contributed by atoms with Crippen molar-refractivity contribution < 1.29 is 5.11 Å². The lowest BCUT2D eigenvalue weighted by Crippen LogP contribution is -2.29. The summed E-state index contributed by atoms with van der Waals surface area (Å²) in [5.74, 6) is 0.860. The fraction of sp³-hybridized carbons (Fsp3) is 0.368. The number of pyridine rings is 1. The maximum atomic E-state index is 10.2. The molecule has 3 rings (SSSR count). The van der Waals surface area contributed by atoms with Gasteiger partial charge >= 0.3 is 0 Å². The summed E-state index contributed by atoms with van der Waals surface area (Å²) < 4.78 is 0. The molecule has 2 N–H and O–H groups in total. The fourth-order valence-electron chi connectivity index (χ4n) is 2.96. The molecule has 1 aromatic carbocycles. The largest absolute Gasteiger partial charge is 0.508 e. The minimum atomic E-state index is 0.336. The lowest BCUT2D eigenvalue weighted by Gasteiger charge is -2.26. The minimum Gasteiger partial charge on any atom is -0.508 e. The van der Waals surface area contributed by atoms with E-state index < -0.39 is 0 Å². The molecule has 0 radical (unpaired) electrons. The Bertz CT molecular complexity index is 757. The number of benzene rings is 1. The number of halogens is 1. The molecular formula is C19H23ClN4O. The topological polar surface area (TPSA) is 60.8 Å². The van der Waals surface area contributed by atoms with Gasteiger partial charge in [0.25, 0.3) is 0 Å². The van der Waals surface area contributed by atoms with E-state index in [1.807, 2.05) is 19.1 Å². The SMILES string of the molecule is CC(=NNc1ncccc1Cl)c1ccc(O)c(CN2CCCCC2)c1. The van der Waals surface area contributed by atoms with Crippen LogP contribution in [0, 0.1) is 0 Å². The van der Waals surface area contributed by atoms with Crippen LogP contribution in [-0.2, 0) is 6.54 Å². The molecule has 0 aliphatic carbocycles. The maximum Gasteiger partial charge on any atom is 0.165 e. The van der Waals surface area contributed by atoms with Gasteiger partial charge in [0, 0.05) is 18.3 Å². The van der Waals surface area contributed by atoms with Crippen molar-refractivity contribution in [3.63, 3.8) is 0 Å². The van der Waals surface area contributed by atoms with Gasteiger partial charge in [0.15, 0.2) is 5.82 Å². The van der Waals surface area contributed by atoms with Crippen molar-refractivity contribution in [1.29, 1.82) is 0 Å². The highest BCUT2D eigenvalue weighted by molar-refractivity contribution is 6.32. The molecule has 1 fully saturated rings. The number of likely N-dealkylation sites (tertiary alicyclic amines) is 1. The molecule has 2 aromatic rings. The van der Waals surface area contributed by atoms with Gasteiger partial charge < -0.3 is 5.11 Å². The molecule has 1 aliphatic rings. The molecule has 5 nitrogen and oxygen atoms in total. The Balaban J connectivity index is 1.73. The number of phenols is 1. The van der Waals surface area contributed by atoms with Gasteiger partial charge in [0.2, 0.25) is 0 Å². The number of hydrogen-bond acceptors (Lipinski definition) is 5. The number of anilines is 1. The van der Waals surface area contributed by atoms with E-state index in [4.69, 9.17) is 11.6 Å². The van der Waals surface area contributed by atoms with Crippen LogP contribution in [-0.4, -0.2) is 33.8 Å². The zero-order valence-corrected chi connectivity index (χ0v) is 15.1. The zero-order valence-electron chi connectivity index (χ0n) is 14.4. The standard InChI is InChI=1S/C19H23ClN4O/c1-14(22-23-19-17(20)6-5-9-21-19)15-7-8-18(25)16(12-15)13-24-10-3-2-4-11-24/h5-9,12,25H,2-4,10-11,13H2,1H3,(H,21,23). The van der Waals surface area contributed by atoms with Crippen molar-refractivity contribution in [1.82, 2.24) is 9.88 Å². The summed E-state index contributed by atoms with van der Waals surface area (Å²) >= 11 is 6.08. The number of rotatable bonds is 5. The highest BCUT2D eigenvalue weighted by Gasteiger charge is 2.13. The highest BCUT2D eigenvalue weighted by atomic mass is 35.5. The predicted molar refractivity (Wildman–Crippen MR) is 102 cm³/mol. The Kier molecular flexibility index (Phi) is 5.89. The monoisotopic (exact) mass is 358 g/mol. The number of aromatic hydroxyl groups is 1. The molecule has 0 spiro atoms. The van der Waals surface area contributed by atoms with Crippen molar-refractivity contribution in [2.24, 2.45) is 5.10 Å². The molecule has 2 heterocycles. The van der Waals surface area contributed by atoms with Crippen LogP contribution in [0.15, 0.2) is 41.6 Å². The van der Waals surface area contributed by atoms with E-state index in [0.717, 1.165) is 36.5 Å². The third kappa shape index (κ3) is 4.71. The Hall–Kier alpha value is -2.11. The predicted octanol–water partition coefficient (Wildman–Crippen LogP) is 4.26. The smallest absolute Gasteiger partial charge is 0.165 e. The Morgan fingerprint density at radius 3 is 2.84 bits per heavy atom. The van der Waals surface area contributed by atoms with Gasteiger partial charge in [-0.15, -0.1) is 0 Å². The number of nitrogens with zero attached hydrogens (tertiary/aromatic N) is 3. The minimum absolute atomic E-state index is 0.336. The van der Waals surface area contributed by atoms with Crippen LogP contribution in [0.3, 0.4) is 0 Å². The summed E-state index contributed by atoms with van der Waals surface area (Å²) in [6.45, 7) is 4.88. The van der Waals surface area contributed by atoms with Gasteiger partial charge in [0.1, 0.15) is 5.75 Å². The van der Waals surface area contributed by atoms with Crippen LogP contribution in [0.2, 0.25) is 5.02 Å². The fourth-order valence-corrected chi connectivity index (χ4v) is 3.13. The van der Waals surface area contributed by atoms with Crippen LogP contribution >= 0.6 is 11.6 Å². The van der Waals surface area contributed by atoms with Crippen molar-refractivity contribution in [3.8, 4) is 5.75 Å². The molecule has 1 aromatic heterocycles.